The van der Waals surface area contributed by atoms with Crippen LogP contribution in [0.3, 0.4) is 0 Å². The Morgan fingerprint density at radius 1 is 1.39 bits per heavy atom. The van der Waals surface area contributed by atoms with Crippen molar-refractivity contribution in [1.82, 2.24) is 5.32 Å². The molecule has 0 atom stereocenters. The second kappa shape index (κ2) is 6.66. The topological polar surface area (TPSA) is 67.8 Å². The first-order chi connectivity index (χ1) is 8.58. The van der Waals surface area contributed by atoms with Crippen LogP contribution in [0.2, 0.25) is 0 Å². The molecular formula is C13H17NO4. The lowest BCUT2D eigenvalue weighted by atomic mass is 10.2. The van der Waals surface area contributed by atoms with Gasteiger partial charge in [-0.1, -0.05) is 12.6 Å². The van der Waals surface area contributed by atoms with Crippen molar-refractivity contribution >= 4 is 5.97 Å². The zero-order chi connectivity index (χ0) is 13.5. The molecule has 1 aromatic rings. The van der Waals surface area contributed by atoms with Crippen molar-refractivity contribution in [1.29, 1.82) is 0 Å². The van der Waals surface area contributed by atoms with Crippen LogP contribution in [0, 0.1) is 0 Å². The Bertz CT molecular complexity index is 443. The molecule has 0 saturated carbocycles. The summed E-state index contributed by atoms with van der Waals surface area (Å²) in [6.07, 6.45) is 0. The van der Waals surface area contributed by atoms with E-state index in [1.807, 2.05) is 12.1 Å². The van der Waals surface area contributed by atoms with Crippen LogP contribution in [0.25, 0.3) is 0 Å². The van der Waals surface area contributed by atoms with Gasteiger partial charge in [-0.25, -0.2) is 4.79 Å². The monoisotopic (exact) mass is 251 g/mol. The average molecular weight is 251 g/mol. The Kier molecular flexibility index (Phi) is 5.20. The number of rotatable bonds is 7. The molecule has 0 saturated heterocycles. The summed E-state index contributed by atoms with van der Waals surface area (Å²) < 4.78 is 10.3. The number of aliphatic carboxylic acids is 1. The predicted molar refractivity (Wildman–Crippen MR) is 68.0 cm³/mol. The molecule has 0 fully saturated rings. The van der Waals surface area contributed by atoms with E-state index in [0.29, 0.717) is 18.0 Å². The van der Waals surface area contributed by atoms with Crippen LogP contribution in [-0.4, -0.2) is 31.8 Å². The van der Waals surface area contributed by atoms with Crippen LogP contribution in [0.1, 0.15) is 5.56 Å². The Labute approximate surface area is 106 Å². The second-order valence-corrected chi connectivity index (χ2v) is 3.69. The van der Waals surface area contributed by atoms with Gasteiger partial charge in [0.25, 0.3) is 0 Å². The first kappa shape index (κ1) is 14.1. The Balaban J connectivity index is 2.62. The summed E-state index contributed by atoms with van der Waals surface area (Å²) in [5.74, 6) is 0.414. The van der Waals surface area contributed by atoms with Crippen molar-refractivity contribution in [3.63, 3.8) is 0 Å². The van der Waals surface area contributed by atoms with Crippen LogP contribution in [0.4, 0.5) is 0 Å². The maximum atomic E-state index is 10.6. The zero-order valence-electron chi connectivity index (χ0n) is 10.5. The molecule has 0 aliphatic heterocycles. The summed E-state index contributed by atoms with van der Waals surface area (Å²) in [4.78, 5) is 10.6. The first-order valence-corrected chi connectivity index (χ1v) is 5.41. The highest BCUT2D eigenvalue weighted by Crippen LogP contribution is 2.24. The lowest BCUT2D eigenvalue weighted by Crippen LogP contribution is -2.20. The van der Waals surface area contributed by atoms with Crippen molar-refractivity contribution in [2.24, 2.45) is 0 Å². The highest BCUT2D eigenvalue weighted by Gasteiger charge is 2.06. The minimum Gasteiger partial charge on any atom is -0.497 e. The molecule has 0 bridgehead atoms. The molecule has 0 aromatic heterocycles. The lowest BCUT2D eigenvalue weighted by molar-refractivity contribution is -0.132. The molecule has 18 heavy (non-hydrogen) atoms. The largest absolute Gasteiger partial charge is 0.497 e. The molecule has 0 heterocycles. The van der Waals surface area contributed by atoms with Gasteiger partial charge in [-0.15, -0.1) is 0 Å². The van der Waals surface area contributed by atoms with E-state index in [4.69, 9.17) is 14.6 Å². The lowest BCUT2D eigenvalue weighted by Gasteiger charge is -2.11. The highest BCUT2D eigenvalue weighted by atomic mass is 16.5. The quantitative estimate of drug-likeness (QED) is 0.718. The van der Waals surface area contributed by atoms with E-state index in [9.17, 15) is 4.79 Å². The fraction of sp³-hybridized carbons (Fsp3) is 0.308. The van der Waals surface area contributed by atoms with Crippen LogP contribution in [-0.2, 0) is 11.3 Å². The summed E-state index contributed by atoms with van der Waals surface area (Å²) in [7, 11) is 3.16. The van der Waals surface area contributed by atoms with Gasteiger partial charge in [0.05, 0.1) is 14.2 Å². The van der Waals surface area contributed by atoms with E-state index in [1.54, 1.807) is 20.3 Å². The number of hydrogen-bond acceptors (Lipinski definition) is 4. The van der Waals surface area contributed by atoms with Crippen molar-refractivity contribution in [2.75, 3.05) is 20.8 Å². The van der Waals surface area contributed by atoms with E-state index >= 15 is 0 Å². The summed E-state index contributed by atoms with van der Waals surface area (Å²) in [5, 5.41) is 11.7. The van der Waals surface area contributed by atoms with Crippen molar-refractivity contribution < 1.29 is 19.4 Å². The van der Waals surface area contributed by atoms with E-state index in [1.165, 1.54) is 0 Å². The smallest absolute Gasteiger partial charge is 0.332 e. The van der Waals surface area contributed by atoms with Crippen LogP contribution in [0.5, 0.6) is 11.5 Å². The minimum absolute atomic E-state index is 0.127. The van der Waals surface area contributed by atoms with Gasteiger partial charge >= 0.3 is 5.97 Å². The molecule has 0 unspecified atom stereocenters. The van der Waals surface area contributed by atoms with Gasteiger partial charge < -0.3 is 19.9 Å². The Hall–Kier alpha value is -2.01. The van der Waals surface area contributed by atoms with Gasteiger partial charge in [0.2, 0.25) is 0 Å². The highest BCUT2D eigenvalue weighted by molar-refractivity contribution is 5.86. The van der Waals surface area contributed by atoms with Crippen molar-refractivity contribution in [2.45, 2.75) is 6.54 Å². The first-order valence-electron chi connectivity index (χ1n) is 5.41. The second-order valence-electron chi connectivity index (χ2n) is 3.69. The standard InChI is InChI=1S/C13H17NO4/c1-9(13(15)16)7-14-8-10-4-5-11(17-2)6-12(10)18-3/h4-6,14H,1,7-8H2,2-3H3,(H,15,16). The van der Waals surface area contributed by atoms with Crippen LogP contribution in [0.15, 0.2) is 30.4 Å². The Morgan fingerprint density at radius 3 is 2.67 bits per heavy atom. The summed E-state index contributed by atoms with van der Waals surface area (Å²) >= 11 is 0. The zero-order valence-corrected chi connectivity index (χ0v) is 10.5. The Morgan fingerprint density at radius 2 is 2.11 bits per heavy atom. The van der Waals surface area contributed by atoms with E-state index in [-0.39, 0.29) is 12.1 Å². The molecular weight excluding hydrogens is 234 g/mol. The van der Waals surface area contributed by atoms with E-state index < -0.39 is 5.97 Å². The number of carbonyl (C=O) groups is 1. The molecule has 98 valence electrons. The number of benzene rings is 1. The van der Waals surface area contributed by atoms with Crippen LogP contribution >= 0.6 is 0 Å². The molecule has 0 aliphatic carbocycles. The normalized spacial score (nSPS) is 9.89. The number of methoxy groups -OCH3 is 2. The number of carboxylic acid groups (broad SMARTS) is 1. The number of carboxylic acids is 1. The maximum absolute atomic E-state index is 10.6. The summed E-state index contributed by atoms with van der Waals surface area (Å²) in [5.41, 5.74) is 1.05. The molecule has 2 N–H and O–H groups in total. The predicted octanol–water partition coefficient (Wildman–Crippen LogP) is 1.43. The summed E-state index contributed by atoms with van der Waals surface area (Å²) in [6.45, 7) is 4.17. The molecule has 0 spiro atoms. The molecule has 5 heteroatoms. The third-order valence-corrected chi connectivity index (χ3v) is 2.45. The van der Waals surface area contributed by atoms with Crippen molar-refractivity contribution in [3.8, 4) is 11.5 Å². The third kappa shape index (κ3) is 3.78. The minimum atomic E-state index is -0.996. The third-order valence-electron chi connectivity index (χ3n) is 2.45. The van der Waals surface area contributed by atoms with Gasteiger partial charge in [0.1, 0.15) is 11.5 Å². The molecule has 1 rings (SSSR count). The molecule has 0 radical (unpaired) electrons. The molecule has 1 aromatic carbocycles. The van der Waals surface area contributed by atoms with Gasteiger partial charge in [-0.2, -0.15) is 0 Å². The average Bonchev–Trinajstić information content (AvgIpc) is 2.38. The van der Waals surface area contributed by atoms with Gasteiger partial charge in [0.15, 0.2) is 0 Å². The molecule has 0 amide bonds. The van der Waals surface area contributed by atoms with E-state index in [0.717, 1.165) is 5.56 Å². The fourth-order valence-electron chi connectivity index (χ4n) is 1.42. The van der Waals surface area contributed by atoms with Gasteiger partial charge in [-0.05, 0) is 6.07 Å². The molecule has 0 aliphatic rings. The number of ether oxygens (including phenoxy) is 2. The number of hydrogen-bond donors (Lipinski definition) is 2. The fourth-order valence-corrected chi connectivity index (χ4v) is 1.42. The maximum Gasteiger partial charge on any atom is 0.332 e. The summed E-state index contributed by atoms with van der Waals surface area (Å²) in [6, 6.07) is 5.47. The van der Waals surface area contributed by atoms with E-state index in [2.05, 4.69) is 11.9 Å². The number of nitrogens with one attached hydrogen (secondary N) is 1. The molecule has 5 nitrogen and oxygen atoms in total. The van der Waals surface area contributed by atoms with Gasteiger partial charge in [-0.3, -0.25) is 0 Å². The van der Waals surface area contributed by atoms with Crippen LogP contribution < -0.4 is 14.8 Å². The van der Waals surface area contributed by atoms with Gasteiger partial charge in [0, 0.05) is 30.3 Å². The van der Waals surface area contributed by atoms with Crippen molar-refractivity contribution in [3.05, 3.63) is 35.9 Å². The SMILES string of the molecule is C=C(CNCc1ccc(OC)cc1OC)C(=O)O.